The van der Waals surface area contributed by atoms with Gasteiger partial charge in [0.1, 0.15) is 0 Å². The second kappa shape index (κ2) is 8.41. The molecule has 2 rings (SSSR count). The third-order valence-corrected chi connectivity index (χ3v) is 5.39. The fourth-order valence-electron chi connectivity index (χ4n) is 1.96. The van der Waals surface area contributed by atoms with E-state index in [1.165, 1.54) is 44.5 Å². The van der Waals surface area contributed by atoms with Gasteiger partial charge >= 0.3 is 5.97 Å². The Morgan fingerprint density at radius 2 is 1.73 bits per heavy atom. The van der Waals surface area contributed by atoms with Gasteiger partial charge in [-0.25, -0.2) is 13.2 Å². The van der Waals surface area contributed by atoms with Crippen molar-refractivity contribution in [2.24, 2.45) is 0 Å². The van der Waals surface area contributed by atoms with Crippen LogP contribution in [0.1, 0.15) is 20.7 Å². The van der Waals surface area contributed by atoms with Crippen LogP contribution in [0.15, 0.2) is 53.4 Å². The first-order chi connectivity index (χ1) is 12.3. The smallest absolute Gasteiger partial charge is 0.338 e. The van der Waals surface area contributed by atoms with Gasteiger partial charge in [0.05, 0.1) is 17.6 Å². The fraction of sp³-hybridized carbons (Fsp3) is 0.176. The monoisotopic (exact) mass is 397 g/mol. The van der Waals surface area contributed by atoms with E-state index >= 15 is 0 Å². The summed E-state index contributed by atoms with van der Waals surface area (Å²) in [5.41, 5.74) is 0.347. The number of sulfonamides is 1. The SMILES string of the molecule is CON(C)S(=O)(=O)c1cccc(C(=O)OCC(=O)c2ccc(Cl)cc2)c1. The lowest BCUT2D eigenvalue weighted by atomic mass is 10.1. The van der Waals surface area contributed by atoms with Crippen LogP contribution < -0.4 is 0 Å². The summed E-state index contributed by atoms with van der Waals surface area (Å²) in [7, 11) is -1.47. The van der Waals surface area contributed by atoms with Gasteiger partial charge in [-0.1, -0.05) is 22.1 Å². The first-order valence-electron chi connectivity index (χ1n) is 7.34. The first kappa shape index (κ1) is 20.1. The van der Waals surface area contributed by atoms with Gasteiger partial charge in [-0.3, -0.25) is 9.63 Å². The molecule has 0 aliphatic rings. The summed E-state index contributed by atoms with van der Waals surface area (Å²) in [6.45, 7) is -0.477. The summed E-state index contributed by atoms with van der Waals surface area (Å²) < 4.78 is 30.0. The molecule has 0 radical (unpaired) electrons. The molecule has 0 heterocycles. The number of halogens is 1. The van der Waals surface area contributed by atoms with Crippen LogP contribution >= 0.6 is 11.6 Å². The van der Waals surface area contributed by atoms with E-state index in [9.17, 15) is 18.0 Å². The number of esters is 1. The Balaban J connectivity index is 2.09. The molecule has 0 aliphatic carbocycles. The van der Waals surface area contributed by atoms with Crippen LogP contribution in [0.25, 0.3) is 0 Å². The van der Waals surface area contributed by atoms with Crippen LogP contribution in [0.5, 0.6) is 0 Å². The number of ether oxygens (including phenoxy) is 1. The Hall–Kier alpha value is -2.26. The molecule has 0 saturated heterocycles. The Kier molecular flexibility index (Phi) is 6.49. The minimum Gasteiger partial charge on any atom is -0.454 e. The van der Waals surface area contributed by atoms with Crippen LogP contribution in [-0.2, 0) is 19.6 Å². The number of benzene rings is 2. The highest BCUT2D eigenvalue weighted by Gasteiger charge is 2.22. The Morgan fingerprint density at radius 1 is 1.08 bits per heavy atom. The van der Waals surface area contributed by atoms with E-state index in [4.69, 9.17) is 16.3 Å². The summed E-state index contributed by atoms with van der Waals surface area (Å²) >= 11 is 5.75. The standard InChI is InChI=1S/C17H16ClNO6S/c1-19(24-2)26(22,23)15-5-3-4-13(10-15)17(21)25-11-16(20)12-6-8-14(18)9-7-12/h3-10H,11H2,1-2H3. The molecule has 0 saturated carbocycles. The average Bonchev–Trinajstić information content (AvgIpc) is 2.65. The van der Waals surface area contributed by atoms with Gasteiger partial charge in [-0.2, -0.15) is 0 Å². The quantitative estimate of drug-likeness (QED) is 0.405. The number of rotatable bonds is 7. The van der Waals surface area contributed by atoms with E-state index in [2.05, 4.69) is 4.84 Å². The molecule has 0 atom stereocenters. The van der Waals surface area contributed by atoms with Gasteiger partial charge < -0.3 is 4.74 Å². The third kappa shape index (κ3) is 4.67. The van der Waals surface area contributed by atoms with Crippen molar-refractivity contribution in [3.05, 3.63) is 64.7 Å². The maximum Gasteiger partial charge on any atom is 0.338 e. The summed E-state index contributed by atoms with van der Waals surface area (Å²) in [5, 5.41) is 0.484. The lowest BCUT2D eigenvalue weighted by molar-refractivity contribution is -0.0258. The van der Waals surface area contributed by atoms with Gasteiger partial charge in [0.2, 0.25) is 0 Å². The molecular weight excluding hydrogens is 382 g/mol. The summed E-state index contributed by atoms with van der Waals surface area (Å²) in [5.74, 6) is -1.22. The fourth-order valence-corrected chi connectivity index (χ4v) is 3.11. The van der Waals surface area contributed by atoms with E-state index in [0.29, 0.717) is 15.1 Å². The van der Waals surface area contributed by atoms with Crippen molar-refractivity contribution in [1.82, 2.24) is 4.47 Å². The summed E-state index contributed by atoms with van der Waals surface area (Å²) in [6, 6.07) is 11.4. The molecule has 0 fully saturated rings. The van der Waals surface area contributed by atoms with Crippen LogP contribution in [0.3, 0.4) is 0 Å². The van der Waals surface area contributed by atoms with Crippen molar-refractivity contribution >= 4 is 33.4 Å². The molecule has 26 heavy (non-hydrogen) atoms. The largest absolute Gasteiger partial charge is 0.454 e. The topological polar surface area (TPSA) is 90.0 Å². The van der Waals surface area contributed by atoms with E-state index < -0.39 is 28.4 Å². The molecule has 138 valence electrons. The highest BCUT2D eigenvalue weighted by atomic mass is 35.5. The number of ketones is 1. The van der Waals surface area contributed by atoms with Gasteiger partial charge in [-0.05, 0) is 42.5 Å². The van der Waals surface area contributed by atoms with Crippen LogP contribution in [0.2, 0.25) is 5.02 Å². The maximum atomic E-state index is 12.2. The molecule has 7 nitrogen and oxygen atoms in total. The highest BCUT2D eigenvalue weighted by Crippen LogP contribution is 2.17. The molecule has 0 amide bonds. The predicted molar refractivity (Wildman–Crippen MR) is 94.5 cm³/mol. The third-order valence-electron chi connectivity index (χ3n) is 3.46. The first-order valence-corrected chi connectivity index (χ1v) is 9.16. The minimum absolute atomic E-state index is 0.000478. The van der Waals surface area contributed by atoms with E-state index in [1.807, 2.05) is 0 Å². The number of hydrogen-bond acceptors (Lipinski definition) is 6. The van der Waals surface area contributed by atoms with Crippen molar-refractivity contribution in [3.8, 4) is 0 Å². The number of hydroxylamine groups is 1. The number of carbonyl (C=O) groups excluding carboxylic acids is 2. The van der Waals surface area contributed by atoms with Crippen molar-refractivity contribution in [1.29, 1.82) is 0 Å². The highest BCUT2D eigenvalue weighted by molar-refractivity contribution is 7.89. The summed E-state index contributed by atoms with van der Waals surface area (Å²) in [4.78, 5) is 28.7. The number of nitrogens with zero attached hydrogens (tertiary/aromatic N) is 1. The van der Waals surface area contributed by atoms with E-state index in [1.54, 1.807) is 12.1 Å². The Bertz CT molecular complexity index is 911. The lowest BCUT2D eigenvalue weighted by Gasteiger charge is -2.14. The molecule has 0 bridgehead atoms. The van der Waals surface area contributed by atoms with Crippen molar-refractivity contribution in [3.63, 3.8) is 0 Å². The summed E-state index contributed by atoms with van der Waals surface area (Å²) in [6.07, 6.45) is 0. The van der Waals surface area contributed by atoms with E-state index in [0.717, 1.165) is 6.07 Å². The Morgan fingerprint density at radius 3 is 2.35 bits per heavy atom. The van der Waals surface area contributed by atoms with Gasteiger partial charge in [0.25, 0.3) is 10.0 Å². The van der Waals surface area contributed by atoms with Crippen molar-refractivity contribution in [2.45, 2.75) is 4.90 Å². The van der Waals surface area contributed by atoms with E-state index in [-0.39, 0.29) is 10.5 Å². The predicted octanol–water partition coefficient (Wildman–Crippen LogP) is 2.56. The average molecular weight is 398 g/mol. The maximum absolute atomic E-state index is 12.2. The zero-order valence-electron chi connectivity index (χ0n) is 14.0. The molecule has 0 unspecified atom stereocenters. The second-order valence-electron chi connectivity index (χ2n) is 5.13. The minimum atomic E-state index is -3.90. The van der Waals surface area contributed by atoms with Crippen molar-refractivity contribution in [2.75, 3.05) is 20.8 Å². The molecular formula is C17H16ClNO6S. The molecule has 2 aromatic carbocycles. The van der Waals surface area contributed by atoms with Gasteiger partial charge in [0, 0.05) is 17.6 Å². The lowest BCUT2D eigenvalue weighted by Crippen LogP contribution is -2.26. The number of hydrogen-bond donors (Lipinski definition) is 0. The van der Waals surface area contributed by atoms with Gasteiger partial charge in [0.15, 0.2) is 12.4 Å². The van der Waals surface area contributed by atoms with Crippen LogP contribution in [-0.4, -0.2) is 45.4 Å². The molecule has 2 aromatic rings. The molecule has 0 N–H and O–H groups in total. The molecule has 9 heteroatoms. The van der Waals surface area contributed by atoms with Crippen molar-refractivity contribution < 1.29 is 27.6 Å². The normalized spacial score (nSPS) is 11.4. The number of carbonyl (C=O) groups is 2. The zero-order valence-corrected chi connectivity index (χ0v) is 15.6. The van der Waals surface area contributed by atoms with Gasteiger partial charge in [-0.15, -0.1) is 0 Å². The molecule has 0 spiro atoms. The zero-order chi connectivity index (χ0) is 19.3. The molecule has 0 aliphatic heterocycles. The second-order valence-corrected chi connectivity index (χ2v) is 7.50. The Labute approximate surface area is 156 Å². The van der Waals surface area contributed by atoms with Crippen LogP contribution in [0, 0.1) is 0 Å². The van der Waals surface area contributed by atoms with Crippen LogP contribution in [0.4, 0.5) is 0 Å². The number of Topliss-reactive ketones (excluding diaryl/α,β-unsaturated/α-hetero) is 1. The molecule has 0 aromatic heterocycles.